The number of ether oxygens (including phenoxy) is 3. The average molecular weight is 322 g/mol. The molecule has 0 aliphatic heterocycles. The predicted molar refractivity (Wildman–Crippen MR) is 93.8 cm³/mol. The van der Waals surface area contributed by atoms with E-state index in [0.29, 0.717) is 5.57 Å². The maximum atomic E-state index is 11.5. The topological polar surface area (TPSA) is 44.8 Å². The Bertz CT molecular complexity index is 466. The fourth-order valence-electron chi connectivity index (χ4n) is 1.45. The van der Waals surface area contributed by atoms with Gasteiger partial charge in [-0.05, 0) is 31.5 Å². The SMILES string of the molecule is C=C(C)C(=O)OC(COC)COc1cccc(C)c1.CCCC. The summed E-state index contributed by atoms with van der Waals surface area (Å²) in [7, 11) is 1.55. The van der Waals surface area contributed by atoms with E-state index in [1.54, 1.807) is 14.0 Å². The fourth-order valence-corrected chi connectivity index (χ4v) is 1.45. The number of aryl methyl sites for hydroxylation is 1. The van der Waals surface area contributed by atoms with Crippen molar-refractivity contribution in [2.45, 2.75) is 46.6 Å². The first-order valence-electron chi connectivity index (χ1n) is 7.99. The highest BCUT2D eigenvalue weighted by molar-refractivity contribution is 5.87. The largest absolute Gasteiger partial charge is 0.490 e. The van der Waals surface area contributed by atoms with Crippen LogP contribution in [0.25, 0.3) is 0 Å². The van der Waals surface area contributed by atoms with E-state index in [1.807, 2.05) is 31.2 Å². The van der Waals surface area contributed by atoms with Crippen molar-refractivity contribution < 1.29 is 19.0 Å². The lowest BCUT2D eigenvalue weighted by Crippen LogP contribution is -2.29. The van der Waals surface area contributed by atoms with E-state index in [-0.39, 0.29) is 13.2 Å². The van der Waals surface area contributed by atoms with E-state index in [1.165, 1.54) is 12.8 Å². The summed E-state index contributed by atoms with van der Waals surface area (Å²) in [5.74, 6) is 0.308. The quantitative estimate of drug-likeness (QED) is 0.528. The summed E-state index contributed by atoms with van der Waals surface area (Å²) in [4.78, 5) is 11.5. The van der Waals surface area contributed by atoms with Crippen molar-refractivity contribution >= 4 is 5.97 Å². The molecule has 0 saturated heterocycles. The molecule has 0 aromatic heterocycles. The molecule has 0 aliphatic carbocycles. The Morgan fingerprint density at radius 2 is 1.87 bits per heavy atom. The molecule has 1 unspecified atom stereocenters. The van der Waals surface area contributed by atoms with Gasteiger partial charge in [0.2, 0.25) is 0 Å². The Labute approximate surface area is 140 Å². The zero-order valence-electron chi connectivity index (χ0n) is 15.1. The van der Waals surface area contributed by atoms with Crippen molar-refractivity contribution in [3.8, 4) is 5.75 Å². The molecule has 0 heterocycles. The molecule has 4 nitrogen and oxygen atoms in total. The summed E-state index contributed by atoms with van der Waals surface area (Å²) >= 11 is 0. The van der Waals surface area contributed by atoms with Gasteiger partial charge in [-0.1, -0.05) is 45.4 Å². The molecule has 23 heavy (non-hydrogen) atoms. The molecule has 0 bridgehead atoms. The van der Waals surface area contributed by atoms with Gasteiger partial charge in [0.1, 0.15) is 12.4 Å². The number of carbonyl (C=O) groups is 1. The van der Waals surface area contributed by atoms with Gasteiger partial charge in [0.25, 0.3) is 0 Å². The zero-order valence-corrected chi connectivity index (χ0v) is 15.1. The maximum absolute atomic E-state index is 11.5. The monoisotopic (exact) mass is 322 g/mol. The smallest absolute Gasteiger partial charge is 0.333 e. The van der Waals surface area contributed by atoms with Crippen LogP contribution >= 0.6 is 0 Å². The fraction of sp³-hybridized carbons (Fsp3) is 0.526. The molecule has 0 amide bonds. The van der Waals surface area contributed by atoms with Crippen LogP contribution in [0.5, 0.6) is 5.75 Å². The van der Waals surface area contributed by atoms with Gasteiger partial charge in [-0.2, -0.15) is 0 Å². The molecule has 1 aromatic rings. The van der Waals surface area contributed by atoms with E-state index in [4.69, 9.17) is 14.2 Å². The Balaban J connectivity index is 0.00000108. The second-order valence-electron chi connectivity index (χ2n) is 5.39. The van der Waals surface area contributed by atoms with Crippen LogP contribution in [0, 0.1) is 6.92 Å². The summed E-state index contributed by atoms with van der Waals surface area (Å²) in [5, 5.41) is 0. The molecular formula is C19H30O4. The Morgan fingerprint density at radius 1 is 1.22 bits per heavy atom. The minimum absolute atomic E-state index is 0.246. The molecule has 1 aromatic carbocycles. The lowest BCUT2D eigenvalue weighted by molar-refractivity contribution is -0.148. The average Bonchev–Trinajstić information content (AvgIpc) is 2.53. The number of hydrogen-bond acceptors (Lipinski definition) is 4. The normalized spacial score (nSPS) is 11.0. The van der Waals surface area contributed by atoms with Crippen molar-refractivity contribution in [2.24, 2.45) is 0 Å². The maximum Gasteiger partial charge on any atom is 0.333 e. The van der Waals surface area contributed by atoms with Crippen LogP contribution in [0.2, 0.25) is 0 Å². The molecule has 0 spiro atoms. The molecule has 0 aliphatic rings. The van der Waals surface area contributed by atoms with Crippen LogP contribution in [-0.4, -0.2) is 32.4 Å². The van der Waals surface area contributed by atoms with Crippen LogP contribution in [-0.2, 0) is 14.3 Å². The van der Waals surface area contributed by atoms with Crippen LogP contribution in [0.15, 0.2) is 36.4 Å². The van der Waals surface area contributed by atoms with E-state index < -0.39 is 12.1 Å². The molecular weight excluding hydrogens is 292 g/mol. The van der Waals surface area contributed by atoms with Crippen molar-refractivity contribution in [3.05, 3.63) is 42.0 Å². The highest BCUT2D eigenvalue weighted by atomic mass is 16.6. The Kier molecular flexibility index (Phi) is 11.7. The lowest BCUT2D eigenvalue weighted by atomic mass is 10.2. The second kappa shape index (κ2) is 12.7. The van der Waals surface area contributed by atoms with Gasteiger partial charge >= 0.3 is 5.97 Å². The second-order valence-corrected chi connectivity index (χ2v) is 5.39. The van der Waals surface area contributed by atoms with Crippen LogP contribution in [0.4, 0.5) is 0 Å². The van der Waals surface area contributed by atoms with Crippen molar-refractivity contribution in [3.63, 3.8) is 0 Å². The van der Waals surface area contributed by atoms with E-state index in [2.05, 4.69) is 20.4 Å². The molecule has 0 radical (unpaired) electrons. The molecule has 0 N–H and O–H groups in total. The number of methoxy groups -OCH3 is 1. The highest BCUT2D eigenvalue weighted by Gasteiger charge is 2.15. The van der Waals surface area contributed by atoms with Gasteiger partial charge in [0.05, 0.1) is 6.61 Å². The van der Waals surface area contributed by atoms with Gasteiger partial charge in [0.15, 0.2) is 6.10 Å². The summed E-state index contributed by atoms with van der Waals surface area (Å²) in [6.45, 7) is 12.0. The van der Waals surface area contributed by atoms with E-state index in [0.717, 1.165) is 11.3 Å². The van der Waals surface area contributed by atoms with E-state index in [9.17, 15) is 4.79 Å². The summed E-state index contributed by atoms with van der Waals surface area (Å²) in [5.41, 5.74) is 1.47. The third-order valence-electron chi connectivity index (χ3n) is 2.90. The molecule has 1 atom stereocenters. The summed E-state index contributed by atoms with van der Waals surface area (Å²) < 4.78 is 15.8. The Hall–Kier alpha value is -1.81. The molecule has 130 valence electrons. The Morgan fingerprint density at radius 3 is 2.35 bits per heavy atom. The molecule has 0 saturated carbocycles. The first-order chi connectivity index (χ1) is 10.9. The zero-order chi connectivity index (χ0) is 17.7. The number of hydrogen-bond donors (Lipinski definition) is 0. The summed E-state index contributed by atoms with van der Waals surface area (Å²) in [6.07, 6.45) is 2.19. The minimum atomic E-state index is -0.449. The minimum Gasteiger partial charge on any atom is -0.490 e. The highest BCUT2D eigenvalue weighted by Crippen LogP contribution is 2.13. The van der Waals surface area contributed by atoms with Crippen molar-refractivity contribution in [2.75, 3.05) is 20.3 Å². The predicted octanol–water partition coefficient (Wildman–Crippen LogP) is 4.31. The third-order valence-corrected chi connectivity index (χ3v) is 2.90. The molecule has 1 rings (SSSR count). The number of carbonyl (C=O) groups excluding carboxylic acids is 1. The van der Waals surface area contributed by atoms with Crippen LogP contribution in [0.3, 0.4) is 0 Å². The van der Waals surface area contributed by atoms with Gasteiger partial charge in [0, 0.05) is 12.7 Å². The van der Waals surface area contributed by atoms with Crippen molar-refractivity contribution in [1.29, 1.82) is 0 Å². The van der Waals surface area contributed by atoms with E-state index >= 15 is 0 Å². The van der Waals surface area contributed by atoms with Gasteiger partial charge in [-0.25, -0.2) is 4.79 Å². The number of rotatable bonds is 8. The van der Waals surface area contributed by atoms with Gasteiger partial charge in [-0.3, -0.25) is 0 Å². The van der Waals surface area contributed by atoms with Crippen LogP contribution < -0.4 is 4.74 Å². The van der Waals surface area contributed by atoms with Crippen LogP contribution in [0.1, 0.15) is 39.2 Å². The standard InChI is InChI=1S/C15H20O4.C4H10/c1-11(2)15(16)19-14(9-17-4)10-18-13-7-5-6-12(3)8-13;1-3-4-2/h5-8,14H,1,9-10H2,2-4H3;3-4H2,1-2H3. The van der Waals surface area contributed by atoms with Crippen molar-refractivity contribution in [1.82, 2.24) is 0 Å². The number of unbranched alkanes of at least 4 members (excludes halogenated alkanes) is 1. The number of benzene rings is 1. The lowest BCUT2D eigenvalue weighted by Gasteiger charge is -2.18. The number of esters is 1. The van der Waals surface area contributed by atoms with Gasteiger partial charge < -0.3 is 14.2 Å². The first kappa shape index (κ1) is 21.2. The molecule has 4 heteroatoms. The van der Waals surface area contributed by atoms with Gasteiger partial charge in [-0.15, -0.1) is 0 Å². The summed E-state index contributed by atoms with van der Waals surface area (Å²) in [6, 6.07) is 7.68. The third kappa shape index (κ3) is 10.5. The molecule has 0 fully saturated rings. The first-order valence-corrected chi connectivity index (χ1v) is 7.99.